The molecule has 0 aliphatic rings. The highest BCUT2D eigenvalue weighted by molar-refractivity contribution is 5.98. The summed E-state index contributed by atoms with van der Waals surface area (Å²) in [4.78, 5) is 20.0. The zero-order chi connectivity index (χ0) is 21.8. The van der Waals surface area contributed by atoms with Gasteiger partial charge >= 0.3 is 0 Å². The first kappa shape index (κ1) is 20.5. The lowest BCUT2D eigenvalue weighted by Crippen LogP contribution is -2.26. The van der Waals surface area contributed by atoms with Gasteiger partial charge in [0.15, 0.2) is 11.5 Å². The Balaban J connectivity index is 1.45. The predicted molar refractivity (Wildman–Crippen MR) is 120 cm³/mol. The van der Waals surface area contributed by atoms with Gasteiger partial charge < -0.3 is 19.8 Å². The molecule has 2 aromatic carbocycles. The highest BCUT2D eigenvalue weighted by Gasteiger charge is 2.16. The van der Waals surface area contributed by atoms with Crippen LogP contribution >= 0.6 is 0 Å². The minimum absolute atomic E-state index is 0.154. The monoisotopic (exact) mass is 415 g/mol. The Morgan fingerprint density at radius 3 is 2.65 bits per heavy atom. The first-order chi connectivity index (χ1) is 15.0. The van der Waals surface area contributed by atoms with Crippen molar-refractivity contribution in [3.05, 3.63) is 89.4 Å². The van der Waals surface area contributed by atoms with Crippen molar-refractivity contribution in [1.82, 2.24) is 15.3 Å². The molecule has 0 saturated heterocycles. The quantitative estimate of drug-likeness (QED) is 0.448. The first-order valence-corrected chi connectivity index (χ1v) is 10.1. The second-order valence-corrected chi connectivity index (χ2v) is 7.52. The van der Waals surface area contributed by atoms with Crippen LogP contribution in [0.4, 0.5) is 0 Å². The van der Waals surface area contributed by atoms with Gasteiger partial charge in [-0.25, -0.2) is 0 Å². The molecule has 1 atom stereocenters. The van der Waals surface area contributed by atoms with E-state index >= 15 is 0 Å². The third-order valence-electron chi connectivity index (χ3n) is 5.20. The summed E-state index contributed by atoms with van der Waals surface area (Å²) in [5.41, 5.74) is 4.59. The number of fused-ring (bicyclic) bond motifs is 1. The lowest BCUT2D eigenvalue weighted by atomic mass is 10.1. The number of ether oxygens (including phenoxy) is 2. The molecule has 0 spiro atoms. The number of pyridine rings is 1. The standard InChI is InChI=1S/C25H25N3O3/c1-16-4-5-20-13-22(28-21(20)12-16)25(29)27-17(2)19-6-7-23(24(14-19)30-3)31-15-18-8-10-26-11-9-18/h4-14,17,28H,15H2,1-3H3,(H,27,29). The van der Waals surface area contributed by atoms with E-state index in [1.54, 1.807) is 19.5 Å². The van der Waals surface area contributed by atoms with Crippen molar-refractivity contribution >= 4 is 16.8 Å². The molecule has 1 unspecified atom stereocenters. The van der Waals surface area contributed by atoms with Crippen molar-refractivity contribution in [2.45, 2.75) is 26.5 Å². The summed E-state index contributed by atoms with van der Waals surface area (Å²) >= 11 is 0. The first-order valence-electron chi connectivity index (χ1n) is 10.1. The Labute approximate surface area is 181 Å². The Morgan fingerprint density at radius 2 is 1.87 bits per heavy atom. The number of carbonyl (C=O) groups is 1. The van der Waals surface area contributed by atoms with Crippen LogP contribution in [0.15, 0.2) is 67.0 Å². The Bertz CT molecular complexity index is 1200. The van der Waals surface area contributed by atoms with Crippen molar-refractivity contribution in [3.8, 4) is 11.5 Å². The topological polar surface area (TPSA) is 76.2 Å². The fourth-order valence-electron chi connectivity index (χ4n) is 3.43. The number of benzene rings is 2. The van der Waals surface area contributed by atoms with Gasteiger partial charge in [0.1, 0.15) is 12.3 Å². The Morgan fingerprint density at radius 1 is 1.06 bits per heavy atom. The summed E-state index contributed by atoms with van der Waals surface area (Å²) in [6.45, 7) is 4.39. The van der Waals surface area contributed by atoms with Gasteiger partial charge in [-0.2, -0.15) is 0 Å². The largest absolute Gasteiger partial charge is 0.493 e. The second kappa shape index (κ2) is 8.92. The minimum Gasteiger partial charge on any atom is -0.493 e. The van der Waals surface area contributed by atoms with Crippen LogP contribution in [0, 0.1) is 6.92 Å². The zero-order valence-corrected chi connectivity index (χ0v) is 17.8. The SMILES string of the molecule is COc1cc(C(C)NC(=O)c2cc3ccc(C)cc3[nH]2)ccc1OCc1ccncc1. The maximum atomic E-state index is 12.8. The van der Waals surface area contributed by atoms with Crippen LogP contribution in [-0.4, -0.2) is 23.0 Å². The predicted octanol–water partition coefficient (Wildman–Crippen LogP) is 4.95. The number of H-pyrrole nitrogens is 1. The molecule has 158 valence electrons. The third-order valence-corrected chi connectivity index (χ3v) is 5.20. The van der Waals surface area contributed by atoms with Crippen LogP contribution in [0.2, 0.25) is 0 Å². The van der Waals surface area contributed by atoms with Crippen LogP contribution in [0.5, 0.6) is 11.5 Å². The summed E-state index contributed by atoms with van der Waals surface area (Å²) in [5.74, 6) is 1.11. The molecular formula is C25H25N3O3. The number of nitrogens with one attached hydrogen (secondary N) is 2. The smallest absolute Gasteiger partial charge is 0.268 e. The fourth-order valence-corrected chi connectivity index (χ4v) is 3.43. The highest BCUT2D eigenvalue weighted by atomic mass is 16.5. The van der Waals surface area contributed by atoms with Gasteiger partial charge in [0, 0.05) is 23.3 Å². The average molecular weight is 415 g/mol. The van der Waals surface area contributed by atoms with Crippen LogP contribution in [0.25, 0.3) is 10.9 Å². The van der Waals surface area contributed by atoms with Crippen LogP contribution in [0.3, 0.4) is 0 Å². The molecule has 0 bridgehead atoms. The molecule has 0 saturated carbocycles. The molecule has 0 radical (unpaired) electrons. The maximum Gasteiger partial charge on any atom is 0.268 e. The molecule has 0 aliphatic heterocycles. The molecule has 6 heteroatoms. The Kier molecular flexibility index (Phi) is 5.89. The van der Waals surface area contributed by atoms with Crippen molar-refractivity contribution in [2.24, 2.45) is 0 Å². The van der Waals surface area contributed by atoms with Gasteiger partial charge in [-0.1, -0.05) is 18.2 Å². The van der Waals surface area contributed by atoms with Crippen molar-refractivity contribution in [2.75, 3.05) is 7.11 Å². The third kappa shape index (κ3) is 4.69. The lowest BCUT2D eigenvalue weighted by Gasteiger charge is -2.17. The van der Waals surface area contributed by atoms with Gasteiger partial charge in [-0.15, -0.1) is 0 Å². The van der Waals surface area contributed by atoms with Gasteiger partial charge in [0.2, 0.25) is 0 Å². The van der Waals surface area contributed by atoms with E-state index in [-0.39, 0.29) is 11.9 Å². The summed E-state index contributed by atoms with van der Waals surface area (Å²) in [6.07, 6.45) is 3.47. The van der Waals surface area contributed by atoms with Gasteiger partial charge in [-0.05, 0) is 66.9 Å². The van der Waals surface area contributed by atoms with E-state index in [0.717, 1.165) is 27.6 Å². The Hall–Kier alpha value is -3.80. The number of hydrogen-bond donors (Lipinski definition) is 2. The van der Waals surface area contributed by atoms with Gasteiger partial charge in [0.05, 0.1) is 13.2 Å². The summed E-state index contributed by atoms with van der Waals surface area (Å²) in [5, 5.41) is 4.06. The van der Waals surface area contributed by atoms with Crippen molar-refractivity contribution in [1.29, 1.82) is 0 Å². The second-order valence-electron chi connectivity index (χ2n) is 7.52. The van der Waals surface area contributed by atoms with E-state index in [0.29, 0.717) is 23.8 Å². The molecule has 4 rings (SSSR count). The molecule has 1 amide bonds. The van der Waals surface area contributed by atoms with E-state index < -0.39 is 0 Å². The molecular weight excluding hydrogens is 390 g/mol. The van der Waals surface area contributed by atoms with Crippen LogP contribution < -0.4 is 14.8 Å². The normalized spacial score (nSPS) is 11.8. The van der Waals surface area contributed by atoms with Crippen LogP contribution in [0.1, 0.15) is 40.1 Å². The number of amides is 1. The molecule has 0 aliphatic carbocycles. The van der Waals surface area contributed by atoms with Gasteiger partial charge in [0.25, 0.3) is 5.91 Å². The molecule has 6 nitrogen and oxygen atoms in total. The molecule has 31 heavy (non-hydrogen) atoms. The number of nitrogens with zero attached hydrogens (tertiary/aromatic N) is 1. The average Bonchev–Trinajstić information content (AvgIpc) is 3.21. The van der Waals surface area contributed by atoms with E-state index in [1.807, 2.05) is 68.4 Å². The molecule has 2 heterocycles. The minimum atomic E-state index is -0.205. The van der Waals surface area contributed by atoms with Crippen molar-refractivity contribution in [3.63, 3.8) is 0 Å². The summed E-state index contributed by atoms with van der Waals surface area (Å²) < 4.78 is 11.4. The van der Waals surface area contributed by atoms with E-state index in [2.05, 4.69) is 15.3 Å². The summed E-state index contributed by atoms with van der Waals surface area (Å²) in [7, 11) is 1.61. The highest BCUT2D eigenvalue weighted by Crippen LogP contribution is 2.31. The van der Waals surface area contributed by atoms with Crippen molar-refractivity contribution < 1.29 is 14.3 Å². The number of aromatic nitrogens is 2. The number of aromatic amines is 1. The van der Waals surface area contributed by atoms with E-state index in [4.69, 9.17) is 9.47 Å². The number of hydrogen-bond acceptors (Lipinski definition) is 4. The van der Waals surface area contributed by atoms with E-state index in [9.17, 15) is 4.79 Å². The van der Waals surface area contributed by atoms with E-state index in [1.165, 1.54) is 0 Å². The molecule has 2 N–H and O–H groups in total. The molecule has 0 fully saturated rings. The number of carbonyl (C=O) groups excluding carboxylic acids is 1. The van der Waals surface area contributed by atoms with Gasteiger partial charge in [-0.3, -0.25) is 9.78 Å². The number of rotatable bonds is 7. The zero-order valence-electron chi connectivity index (χ0n) is 17.8. The number of methoxy groups -OCH3 is 1. The fraction of sp³-hybridized carbons (Fsp3) is 0.200. The molecule has 4 aromatic rings. The summed E-state index contributed by atoms with van der Waals surface area (Å²) in [6, 6.07) is 17.2. The van der Waals surface area contributed by atoms with Crippen LogP contribution in [-0.2, 0) is 6.61 Å². The molecule has 2 aromatic heterocycles. The maximum absolute atomic E-state index is 12.8. The number of aryl methyl sites for hydroxylation is 1. The lowest BCUT2D eigenvalue weighted by molar-refractivity contribution is 0.0935.